The van der Waals surface area contributed by atoms with E-state index in [1.807, 2.05) is 0 Å². The number of benzene rings is 1. The van der Waals surface area contributed by atoms with Gasteiger partial charge >= 0.3 is 0 Å². The van der Waals surface area contributed by atoms with Gasteiger partial charge in [0, 0.05) is 5.50 Å². The molecule has 0 bridgehead atoms. The molecule has 0 heterocycles. The minimum Gasteiger partial charge on any atom is -0.161 e. The van der Waals surface area contributed by atoms with Gasteiger partial charge in [0.05, 0.1) is 0 Å². The summed E-state index contributed by atoms with van der Waals surface area (Å²) in [5.41, 5.74) is 3.10. The molecule has 0 N–H and O–H groups in total. The molecule has 0 amide bonds. The Morgan fingerprint density at radius 3 is 2.50 bits per heavy atom. The van der Waals surface area contributed by atoms with Crippen molar-refractivity contribution in [2.24, 2.45) is 0 Å². The van der Waals surface area contributed by atoms with Crippen molar-refractivity contribution in [3.05, 3.63) is 29.3 Å². The fourth-order valence-electron chi connectivity index (χ4n) is 1.19. The lowest BCUT2D eigenvalue weighted by atomic mass is 10.2. The van der Waals surface area contributed by atoms with Crippen LogP contribution in [0.5, 0.6) is 0 Å². The predicted molar refractivity (Wildman–Crippen MR) is 57.9 cm³/mol. The SMILES string of the molecule is Cc1ccc([Si](Cl)CCl)c(C)c1. The minimum atomic E-state index is -1.02. The Balaban J connectivity index is 3.01. The normalized spacial score (nSPS) is 10.8. The molecule has 0 aromatic heterocycles. The second-order valence-corrected chi connectivity index (χ2v) is 6.64. The molecule has 12 heavy (non-hydrogen) atoms. The van der Waals surface area contributed by atoms with Crippen LogP contribution in [0.2, 0.25) is 0 Å². The van der Waals surface area contributed by atoms with Crippen LogP contribution in [0.1, 0.15) is 11.1 Å². The van der Waals surface area contributed by atoms with Crippen LogP contribution >= 0.6 is 22.7 Å². The highest BCUT2D eigenvalue weighted by molar-refractivity contribution is 7.16. The Morgan fingerprint density at radius 1 is 1.33 bits per heavy atom. The van der Waals surface area contributed by atoms with Gasteiger partial charge in [-0.3, -0.25) is 0 Å². The highest BCUT2D eigenvalue weighted by Gasteiger charge is 2.11. The van der Waals surface area contributed by atoms with Gasteiger partial charge in [-0.2, -0.15) is 11.1 Å². The van der Waals surface area contributed by atoms with Crippen LogP contribution in [0.3, 0.4) is 0 Å². The summed E-state index contributed by atoms with van der Waals surface area (Å²) in [6.07, 6.45) is 0. The van der Waals surface area contributed by atoms with Crippen LogP contribution < -0.4 is 5.19 Å². The first-order chi connectivity index (χ1) is 5.65. The van der Waals surface area contributed by atoms with E-state index in [1.165, 1.54) is 16.3 Å². The summed E-state index contributed by atoms with van der Waals surface area (Å²) in [6.45, 7) is 4.17. The van der Waals surface area contributed by atoms with E-state index in [-0.39, 0.29) is 0 Å². The van der Waals surface area contributed by atoms with E-state index in [1.54, 1.807) is 0 Å². The topological polar surface area (TPSA) is 0 Å². The third-order valence-electron chi connectivity index (χ3n) is 1.79. The summed E-state index contributed by atoms with van der Waals surface area (Å²) in [5, 5.41) is 1.24. The largest absolute Gasteiger partial charge is 0.215 e. The maximum absolute atomic E-state index is 6.12. The number of hydrogen-bond donors (Lipinski definition) is 0. The van der Waals surface area contributed by atoms with Crippen molar-refractivity contribution in [1.82, 2.24) is 0 Å². The van der Waals surface area contributed by atoms with Gasteiger partial charge in [-0.1, -0.05) is 29.3 Å². The van der Waals surface area contributed by atoms with E-state index in [4.69, 9.17) is 22.7 Å². The van der Waals surface area contributed by atoms with Gasteiger partial charge < -0.3 is 0 Å². The fraction of sp³-hybridized carbons (Fsp3) is 0.333. The highest BCUT2D eigenvalue weighted by Crippen LogP contribution is 2.04. The van der Waals surface area contributed by atoms with E-state index in [9.17, 15) is 0 Å². The number of alkyl halides is 1. The molecule has 0 atom stereocenters. The Hall–Kier alpha value is 0.0169. The molecule has 1 rings (SSSR count). The second kappa shape index (κ2) is 4.31. The maximum Gasteiger partial charge on any atom is 0.215 e. The van der Waals surface area contributed by atoms with Crippen molar-refractivity contribution >= 4 is 36.0 Å². The average molecular weight is 218 g/mol. The quantitative estimate of drug-likeness (QED) is 0.406. The molecule has 65 valence electrons. The third-order valence-corrected chi connectivity index (χ3v) is 5.40. The lowest BCUT2D eigenvalue weighted by Crippen LogP contribution is -2.28. The predicted octanol–water partition coefficient (Wildman–Crippen LogP) is 2.52. The Bertz CT molecular complexity index is 273. The molecule has 3 heteroatoms. The van der Waals surface area contributed by atoms with Crippen molar-refractivity contribution in [1.29, 1.82) is 0 Å². The molecule has 0 saturated heterocycles. The molecular formula is C9H11Cl2Si. The van der Waals surface area contributed by atoms with Crippen LogP contribution in [-0.4, -0.2) is 13.6 Å². The highest BCUT2D eigenvalue weighted by atomic mass is 35.6. The first kappa shape index (κ1) is 10.1. The Morgan fingerprint density at radius 2 is 2.00 bits per heavy atom. The summed E-state index contributed by atoms with van der Waals surface area (Å²) in [4.78, 5) is 0. The number of rotatable bonds is 2. The zero-order chi connectivity index (χ0) is 9.14. The molecule has 1 aromatic rings. The Labute approximate surface area is 84.8 Å². The molecule has 0 aliphatic heterocycles. The summed E-state index contributed by atoms with van der Waals surface area (Å²) in [7, 11) is -1.02. The number of hydrogen-bond acceptors (Lipinski definition) is 0. The first-order valence-corrected chi connectivity index (χ1v) is 7.05. The van der Waals surface area contributed by atoms with Gasteiger partial charge in [0.25, 0.3) is 0 Å². The molecule has 0 spiro atoms. The van der Waals surface area contributed by atoms with Crippen molar-refractivity contribution in [3.63, 3.8) is 0 Å². The van der Waals surface area contributed by atoms with Gasteiger partial charge in [-0.15, -0.1) is 11.6 Å². The average Bonchev–Trinajstić information content (AvgIpc) is 2.03. The van der Waals surface area contributed by atoms with E-state index in [2.05, 4.69) is 32.0 Å². The lowest BCUT2D eigenvalue weighted by molar-refractivity contribution is 1.41. The summed E-state index contributed by atoms with van der Waals surface area (Å²) in [6, 6.07) is 6.32. The van der Waals surface area contributed by atoms with Crippen LogP contribution in [0.15, 0.2) is 18.2 Å². The first-order valence-electron chi connectivity index (χ1n) is 3.80. The third kappa shape index (κ3) is 2.25. The maximum atomic E-state index is 6.12. The van der Waals surface area contributed by atoms with E-state index in [0.29, 0.717) is 5.50 Å². The molecule has 0 unspecified atom stereocenters. The fourth-order valence-corrected chi connectivity index (χ4v) is 3.17. The van der Waals surface area contributed by atoms with Crippen molar-refractivity contribution < 1.29 is 0 Å². The van der Waals surface area contributed by atoms with Gasteiger partial charge in [0.15, 0.2) is 0 Å². The smallest absolute Gasteiger partial charge is 0.161 e. The standard InChI is InChI=1S/C9H11Cl2Si/c1-7-3-4-9(8(2)5-7)12(11)6-10/h3-5H,6H2,1-2H3. The summed E-state index contributed by atoms with van der Waals surface area (Å²) >= 11 is 11.8. The Kier molecular flexibility index (Phi) is 3.63. The van der Waals surface area contributed by atoms with Crippen LogP contribution in [0, 0.1) is 13.8 Å². The molecule has 0 saturated carbocycles. The van der Waals surface area contributed by atoms with Gasteiger partial charge in [-0.25, -0.2) is 0 Å². The van der Waals surface area contributed by atoms with Crippen LogP contribution in [-0.2, 0) is 0 Å². The molecule has 0 aliphatic carbocycles. The van der Waals surface area contributed by atoms with Gasteiger partial charge in [0.2, 0.25) is 8.11 Å². The molecule has 0 aliphatic rings. The summed E-state index contributed by atoms with van der Waals surface area (Å²) in [5.74, 6) is 0. The van der Waals surface area contributed by atoms with Crippen molar-refractivity contribution in [3.8, 4) is 0 Å². The van der Waals surface area contributed by atoms with Gasteiger partial charge in [-0.05, 0) is 19.0 Å². The van der Waals surface area contributed by atoms with Crippen molar-refractivity contribution in [2.45, 2.75) is 13.8 Å². The van der Waals surface area contributed by atoms with E-state index in [0.717, 1.165) is 0 Å². The van der Waals surface area contributed by atoms with Gasteiger partial charge in [0.1, 0.15) is 0 Å². The molecular weight excluding hydrogens is 207 g/mol. The minimum absolute atomic E-state index is 0.566. The van der Waals surface area contributed by atoms with E-state index < -0.39 is 8.11 Å². The second-order valence-electron chi connectivity index (χ2n) is 2.86. The molecule has 1 radical (unpaired) electrons. The number of aryl methyl sites for hydroxylation is 2. The molecule has 0 fully saturated rings. The van der Waals surface area contributed by atoms with E-state index >= 15 is 0 Å². The lowest BCUT2D eigenvalue weighted by Gasteiger charge is -2.07. The zero-order valence-electron chi connectivity index (χ0n) is 7.20. The zero-order valence-corrected chi connectivity index (χ0v) is 9.71. The monoisotopic (exact) mass is 217 g/mol. The van der Waals surface area contributed by atoms with Crippen LogP contribution in [0.4, 0.5) is 0 Å². The molecule has 1 aromatic carbocycles. The molecule has 0 nitrogen and oxygen atoms in total. The summed E-state index contributed by atoms with van der Waals surface area (Å²) < 4.78 is 0. The number of halogens is 2. The van der Waals surface area contributed by atoms with Crippen LogP contribution in [0.25, 0.3) is 0 Å². The van der Waals surface area contributed by atoms with Crippen molar-refractivity contribution in [2.75, 3.05) is 5.50 Å².